The molecule has 0 fully saturated rings. The highest BCUT2D eigenvalue weighted by molar-refractivity contribution is 5.66. The summed E-state index contributed by atoms with van der Waals surface area (Å²) in [5, 5.41) is 13.7. The highest BCUT2D eigenvalue weighted by Crippen LogP contribution is 2.32. The molecule has 0 aliphatic carbocycles. The van der Waals surface area contributed by atoms with Crippen molar-refractivity contribution in [1.82, 2.24) is 9.78 Å². The summed E-state index contributed by atoms with van der Waals surface area (Å²) in [5.74, 6) is -0.362. The van der Waals surface area contributed by atoms with Crippen molar-refractivity contribution in [3.8, 4) is 17.0 Å². The number of hydrogen-bond acceptors (Lipinski definition) is 2. The van der Waals surface area contributed by atoms with Crippen molar-refractivity contribution in [2.45, 2.75) is 19.9 Å². The van der Waals surface area contributed by atoms with Crippen LogP contribution in [-0.4, -0.2) is 14.9 Å². The smallest absolute Gasteiger partial charge is 0.161 e. The Labute approximate surface area is 93.2 Å². The van der Waals surface area contributed by atoms with Crippen molar-refractivity contribution < 1.29 is 9.50 Å². The first kappa shape index (κ1) is 10.7. The average molecular weight is 220 g/mol. The predicted molar refractivity (Wildman–Crippen MR) is 59.7 cm³/mol. The van der Waals surface area contributed by atoms with Crippen LogP contribution >= 0.6 is 0 Å². The van der Waals surface area contributed by atoms with Gasteiger partial charge in [-0.2, -0.15) is 5.10 Å². The molecule has 4 heteroatoms. The van der Waals surface area contributed by atoms with Gasteiger partial charge in [0, 0.05) is 11.6 Å². The third-order valence-corrected chi connectivity index (χ3v) is 2.39. The fourth-order valence-electron chi connectivity index (χ4n) is 1.66. The first-order chi connectivity index (χ1) is 7.61. The lowest BCUT2D eigenvalue weighted by Crippen LogP contribution is -2.05. The summed E-state index contributed by atoms with van der Waals surface area (Å²) in [4.78, 5) is 0. The number of halogens is 1. The molecule has 2 rings (SSSR count). The largest absolute Gasteiger partial charge is 0.504 e. The second kappa shape index (κ2) is 3.96. The molecule has 0 unspecified atom stereocenters. The molecule has 0 saturated heterocycles. The van der Waals surface area contributed by atoms with E-state index in [1.165, 1.54) is 12.3 Å². The maximum Gasteiger partial charge on any atom is 0.161 e. The number of aromatic hydroxyl groups is 1. The van der Waals surface area contributed by atoms with Crippen molar-refractivity contribution in [1.29, 1.82) is 0 Å². The van der Waals surface area contributed by atoms with Gasteiger partial charge in [0.2, 0.25) is 0 Å². The van der Waals surface area contributed by atoms with Gasteiger partial charge in [0.15, 0.2) is 5.75 Å². The van der Waals surface area contributed by atoms with Crippen molar-refractivity contribution >= 4 is 0 Å². The fourth-order valence-corrected chi connectivity index (χ4v) is 1.66. The van der Waals surface area contributed by atoms with Crippen molar-refractivity contribution in [2.75, 3.05) is 0 Å². The fraction of sp³-hybridized carbons (Fsp3) is 0.250. The zero-order valence-electron chi connectivity index (χ0n) is 9.18. The molecule has 1 aromatic carbocycles. The van der Waals surface area contributed by atoms with E-state index in [-0.39, 0.29) is 17.6 Å². The SMILES string of the molecule is CC(C)n1ncc(O)c1-c1ccccc1F. The first-order valence-corrected chi connectivity index (χ1v) is 5.12. The van der Waals surface area contributed by atoms with Gasteiger partial charge in [-0.25, -0.2) is 4.39 Å². The minimum Gasteiger partial charge on any atom is -0.504 e. The molecule has 3 nitrogen and oxygen atoms in total. The van der Waals surface area contributed by atoms with Gasteiger partial charge >= 0.3 is 0 Å². The van der Waals surface area contributed by atoms with E-state index in [9.17, 15) is 9.50 Å². The molecule has 0 saturated carbocycles. The van der Waals surface area contributed by atoms with E-state index < -0.39 is 0 Å². The second-order valence-corrected chi connectivity index (χ2v) is 3.90. The van der Waals surface area contributed by atoms with E-state index >= 15 is 0 Å². The maximum absolute atomic E-state index is 13.6. The Kier molecular flexibility index (Phi) is 2.64. The summed E-state index contributed by atoms with van der Waals surface area (Å²) >= 11 is 0. The molecular weight excluding hydrogens is 207 g/mol. The number of hydrogen-bond donors (Lipinski definition) is 1. The van der Waals surface area contributed by atoms with Crippen LogP contribution in [0.3, 0.4) is 0 Å². The second-order valence-electron chi connectivity index (χ2n) is 3.90. The lowest BCUT2D eigenvalue weighted by atomic mass is 10.1. The van der Waals surface area contributed by atoms with Crippen LogP contribution in [0.25, 0.3) is 11.3 Å². The topological polar surface area (TPSA) is 38.0 Å². The van der Waals surface area contributed by atoms with E-state index in [1.807, 2.05) is 13.8 Å². The molecule has 84 valence electrons. The summed E-state index contributed by atoms with van der Waals surface area (Å²) < 4.78 is 15.2. The number of benzene rings is 1. The molecule has 0 aliphatic heterocycles. The quantitative estimate of drug-likeness (QED) is 0.844. The van der Waals surface area contributed by atoms with Gasteiger partial charge in [-0.05, 0) is 26.0 Å². The molecule has 0 spiro atoms. The van der Waals surface area contributed by atoms with Crippen LogP contribution in [0.15, 0.2) is 30.5 Å². The highest BCUT2D eigenvalue weighted by atomic mass is 19.1. The monoisotopic (exact) mass is 220 g/mol. The van der Waals surface area contributed by atoms with Gasteiger partial charge in [-0.15, -0.1) is 0 Å². The summed E-state index contributed by atoms with van der Waals surface area (Å²) in [5.41, 5.74) is 0.791. The third-order valence-electron chi connectivity index (χ3n) is 2.39. The predicted octanol–water partition coefficient (Wildman–Crippen LogP) is 2.98. The zero-order valence-corrected chi connectivity index (χ0v) is 9.18. The summed E-state index contributed by atoms with van der Waals surface area (Å²) in [6.45, 7) is 3.85. The molecule has 16 heavy (non-hydrogen) atoms. The summed E-state index contributed by atoms with van der Waals surface area (Å²) in [6, 6.07) is 6.41. The van der Waals surface area contributed by atoms with E-state index in [0.717, 1.165) is 0 Å². The molecule has 0 amide bonds. The maximum atomic E-state index is 13.6. The molecule has 0 radical (unpaired) electrons. The zero-order chi connectivity index (χ0) is 11.7. The molecule has 1 N–H and O–H groups in total. The molecule has 0 bridgehead atoms. The Morgan fingerprint density at radius 2 is 2.00 bits per heavy atom. The van der Waals surface area contributed by atoms with Gasteiger partial charge in [-0.3, -0.25) is 4.68 Å². The van der Waals surface area contributed by atoms with Gasteiger partial charge in [-0.1, -0.05) is 12.1 Å². The van der Waals surface area contributed by atoms with Crippen LogP contribution in [0.1, 0.15) is 19.9 Å². The first-order valence-electron chi connectivity index (χ1n) is 5.12. The van der Waals surface area contributed by atoms with Crippen LogP contribution < -0.4 is 0 Å². The number of rotatable bonds is 2. The molecular formula is C12H13FN2O. The minimum atomic E-state index is -0.361. The van der Waals surface area contributed by atoms with Crippen LogP contribution in [-0.2, 0) is 0 Å². The highest BCUT2D eigenvalue weighted by Gasteiger charge is 2.16. The molecule has 0 atom stereocenters. The Morgan fingerprint density at radius 3 is 2.62 bits per heavy atom. The average Bonchev–Trinajstić information content (AvgIpc) is 2.61. The minimum absolute atomic E-state index is 0.00111. The van der Waals surface area contributed by atoms with E-state index in [1.54, 1.807) is 22.9 Å². The Balaban J connectivity index is 2.64. The lowest BCUT2D eigenvalue weighted by molar-refractivity contribution is 0.472. The van der Waals surface area contributed by atoms with Gasteiger partial charge in [0.1, 0.15) is 11.5 Å². The van der Waals surface area contributed by atoms with E-state index in [2.05, 4.69) is 5.10 Å². The van der Waals surface area contributed by atoms with Crippen molar-refractivity contribution in [3.63, 3.8) is 0 Å². The molecule has 2 aromatic rings. The standard InChI is InChI=1S/C12H13FN2O/c1-8(2)15-12(11(16)7-14-15)9-5-3-4-6-10(9)13/h3-8,16H,1-2H3. The lowest BCUT2D eigenvalue weighted by Gasteiger charge is -2.11. The van der Waals surface area contributed by atoms with Crippen LogP contribution in [0.4, 0.5) is 4.39 Å². The number of nitrogens with zero attached hydrogens (tertiary/aromatic N) is 2. The van der Waals surface area contributed by atoms with E-state index in [0.29, 0.717) is 11.3 Å². The number of aromatic nitrogens is 2. The van der Waals surface area contributed by atoms with Crippen LogP contribution in [0, 0.1) is 5.82 Å². The Bertz CT molecular complexity index is 505. The molecule has 1 aromatic heterocycles. The molecule has 1 heterocycles. The van der Waals surface area contributed by atoms with Crippen molar-refractivity contribution in [2.24, 2.45) is 0 Å². The third kappa shape index (κ3) is 1.66. The summed E-state index contributed by atoms with van der Waals surface area (Å²) in [7, 11) is 0. The van der Waals surface area contributed by atoms with Crippen molar-refractivity contribution in [3.05, 3.63) is 36.3 Å². The van der Waals surface area contributed by atoms with Gasteiger partial charge < -0.3 is 5.11 Å². The van der Waals surface area contributed by atoms with Crippen LogP contribution in [0.5, 0.6) is 5.75 Å². The van der Waals surface area contributed by atoms with Gasteiger partial charge in [0.25, 0.3) is 0 Å². The summed E-state index contributed by atoms with van der Waals surface area (Å²) in [6.07, 6.45) is 1.34. The Hall–Kier alpha value is -1.84. The van der Waals surface area contributed by atoms with E-state index in [4.69, 9.17) is 0 Å². The van der Waals surface area contributed by atoms with Gasteiger partial charge in [0.05, 0.1) is 6.20 Å². The van der Waals surface area contributed by atoms with Crippen LogP contribution in [0.2, 0.25) is 0 Å². The Morgan fingerprint density at radius 1 is 1.31 bits per heavy atom. The molecule has 0 aliphatic rings. The normalized spacial score (nSPS) is 11.0.